The van der Waals surface area contributed by atoms with Gasteiger partial charge in [0.2, 0.25) is 0 Å². The fraction of sp³-hybridized carbons (Fsp3) is 0.611. The highest BCUT2D eigenvalue weighted by Crippen LogP contribution is 2.30. The number of hydrogen-bond donors (Lipinski definition) is 1. The summed E-state index contributed by atoms with van der Waals surface area (Å²) < 4.78 is 24.9. The van der Waals surface area contributed by atoms with Crippen molar-refractivity contribution in [1.29, 1.82) is 0 Å². The van der Waals surface area contributed by atoms with Crippen molar-refractivity contribution in [1.82, 2.24) is 10.2 Å². The van der Waals surface area contributed by atoms with Crippen LogP contribution in [0.5, 0.6) is 0 Å². The molecule has 3 rings (SSSR count). The second-order valence-electron chi connectivity index (χ2n) is 6.75. The molecule has 24 heavy (non-hydrogen) atoms. The Kier molecular flexibility index (Phi) is 5.36. The Morgan fingerprint density at radius 2 is 2.08 bits per heavy atom. The molecular formula is C18H25FN2O3. The number of ether oxygens (including phenoxy) is 2. The molecule has 3 unspecified atom stereocenters. The van der Waals surface area contributed by atoms with Crippen LogP contribution in [0.2, 0.25) is 0 Å². The largest absolute Gasteiger partial charge is 0.444 e. The van der Waals surface area contributed by atoms with Crippen LogP contribution in [0.15, 0.2) is 24.3 Å². The van der Waals surface area contributed by atoms with Crippen molar-refractivity contribution in [2.75, 3.05) is 13.2 Å². The summed E-state index contributed by atoms with van der Waals surface area (Å²) in [6, 6.07) is 6.18. The lowest BCUT2D eigenvalue weighted by molar-refractivity contribution is -0.0649. The normalized spacial score (nSPS) is 27.1. The number of amides is 1. The van der Waals surface area contributed by atoms with E-state index in [1.807, 2.05) is 13.8 Å². The summed E-state index contributed by atoms with van der Waals surface area (Å²) in [5, 5.41) is 3.34. The highest BCUT2D eigenvalue weighted by atomic mass is 19.1. The van der Waals surface area contributed by atoms with E-state index in [1.54, 1.807) is 23.1 Å². The van der Waals surface area contributed by atoms with E-state index in [-0.39, 0.29) is 30.7 Å². The molecule has 3 atom stereocenters. The average Bonchev–Trinajstić information content (AvgIpc) is 3.38. The molecule has 1 aromatic rings. The molecule has 2 fully saturated rings. The van der Waals surface area contributed by atoms with Crippen molar-refractivity contribution < 1.29 is 18.7 Å². The van der Waals surface area contributed by atoms with Crippen LogP contribution in [0.4, 0.5) is 9.18 Å². The first kappa shape index (κ1) is 17.2. The quantitative estimate of drug-likeness (QED) is 0.898. The maximum absolute atomic E-state index is 13.6. The molecule has 6 heteroatoms. The summed E-state index contributed by atoms with van der Waals surface area (Å²) in [5.74, 6) is 0.303. The van der Waals surface area contributed by atoms with Crippen LogP contribution in [0.1, 0.15) is 32.3 Å². The summed E-state index contributed by atoms with van der Waals surface area (Å²) in [6.07, 6.45) is 1.83. The van der Waals surface area contributed by atoms with E-state index in [0.29, 0.717) is 18.0 Å². The molecule has 132 valence electrons. The van der Waals surface area contributed by atoms with Crippen molar-refractivity contribution in [3.8, 4) is 0 Å². The Hall–Kier alpha value is -1.66. The van der Waals surface area contributed by atoms with Crippen LogP contribution in [-0.2, 0) is 16.1 Å². The van der Waals surface area contributed by atoms with Crippen LogP contribution < -0.4 is 5.32 Å². The van der Waals surface area contributed by atoms with Crippen LogP contribution in [0.25, 0.3) is 0 Å². The zero-order chi connectivity index (χ0) is 17.1. The zero-order valence-electron chi connectivity index (χ0n) is 14.2. The van der Waals surface area contributed by atoms with Gasteiger partial charge in [0.1, 0.15) is 18.7 Å². The van der Waals surface area contributed by atoms with Gasteiger partial charge in [-0.15, -0.1) is 0 Å². The highest BCUT2D eigenvalue weighted by Gasteiger charge is 2.37. The second kappa shape index (κ2) is 7.49. The monoisotopic (exact) mass is 336 g/mol. The molecule has 0 spiro atoms. The van der Waals surface area contributed by atoms with E-state index in [1.165, 1.54) is 18.9 Å². The molecule has 0 bridgehead atoms. The third kappa shape index (κ3) is 4.05. The van der Waals surface area contributed by atoms with E-state index in [9.17, 15) is 9.18 Å². The molecular weight excluding hydrogens is 311 g/mol. The second-order valence-corrected chi connectivity index (χ2v) is 6.75. The van der Waals surface area contributed by atoms with Crippen molar-refractivity contribution in [3.05, 3.63) is 35.6 Å². The summed E-state index contributed by atoms with van der Waals surface area (Å²) in [5.41, 5.74) is 0.378. The first-order valence-electron chi connectivity index (χ1n) is 8.59. The Morgan fingerprint density at radius 1 is 1.33 bits per heavy atom. The molecule has 1 heterocycles. The van der Waals surface area contributed by atoms with Crippen molar-refractivity contribution in [2.45, 2.75) is 51.6 Å². The van der Waals surface area contributed by atoms with E-state index in [2.05, 4.69) is 5.32 Å². The number of halogens is 1. The lowest BCUT2D eigenvalue weighted by atomic mass is 10.1. The van der Waals surface area contributed by atoms with Crippen molar-refractivity contribution in [2.24, 2.45) is 5.92 Å². The third-order valence-corrected chi connectivity index (χ3v) is 4.69. The number of rotatable bonds is 5. The van der Waals surface area contributed by atoms with Gasteiger partial charge < -0.3 is 9.47 Å². The highest BCUT2D eigenvalue weighted by molar-refractivity contribution is 5.68. The molecule has 0 aromatic heterocycles. The molecule has 1 N–H and O–H groups in total. The van der Waals surface area contributed by atoms with Crippen LogP contribution in [0.3, 0.4) is 0 Å². The maximum atomic E-state index is 13.6. The summed E-state index contributed by atoms with van der Waals surface area (Å²) >= 11 is 0. The van der Waals surface area contributed by atoms with Gasteiger partial charge in [-0.1, -0.05) is 18.2 Å². The summed E-state index contributed by atoms with van der Waals surface area (Å²) in [7, 11) is 0. The predicted molar refractivity (Wildman–Crippen MR) is 87.8 cm³/mol. The Balaban J connectivity index is 1.57. The minimum atomic E-state index is -0.431. The van der Waals surface area contributed by atoms with Gasteiger partial charge in [-0.25, -0.2) is 9.18 Å². The van der Waals surface area contributed by atoms with Gasteiger partial charge in [-0.2, -0.15) is 0 Å². The lowest BCUT2D eigenvalue weighted by Gasteiger charge is -2.43. The van der Waals surface area contributed by atoms with Gasteiger partial charge in [0, 0.05) is 18.2 Å². The molecule has 1 saturated carbocycles. The first-order valence-corrected chi connectivity index (χ1v) is 8.59. The van der Waals surface area contributed by atoms with E-state index >= 15 is 0 Å². The van der Waals surface area contributed by atoms with Crippen LogP contribution in [0, 0.1) is 11.7 Å². The molecule has 1 amide bonds. The van der Waals surface area contributed by atoms with Crippen molar-refractivity contribution >= 4 is 6.09 Å². The fourth-order valence-electron chi connectivity index (χ4n) is 3.00. The Morgan fingerprint density at radius 3 is 2.79 bits per heavy atom. The number of benzene rings is 1. The molecule has 1 aromatic carbocycles. The number of carbonyl (C=O) groups excluding carboxylic acids is 1. The van der Waals surface area contributed by atoms with Crippen molar-refractivity contribution in [3.63, 3.8) is 0 Å². The first-order chi connectivity index (χ1) is 11.6. The Labute approximate surface area is 142 Å². The fourth-order valence-corrected chi connectivity index (χ4v) is 3.00. The number of nitrogens with zero attached hydrogens (tertiary/aromatic N) is 1. The topological polar surface area (TPSA) is 50.8 Å². The third-order valence-electron chi connectivity index (χ3n) is 4.69. The predicted octanol–water partition coefficient (Wildman–Crippen LogP) is 2.90. The lowest BCUT2D eigenvalue weighted by Crippen LogP contribution is -2.63. The van der Waals surface area contributed by atoms with Gasteiger partial charge >= 0.3 is 6.09 Å². The van der Waals surface area contributed by atoms with Crippen LogP contribution >= 0.6 is 0 Å². The number of carbonyl (C=O) groups is 1. The number of piperazine rings is 1. The van der Waals surface area contributed by atoms with Gasteiger partial charge in [0.25, 0.3) is 0 Å². The SMILES string of the molecule is CC1CNC(OCC2CC2)C(C)N1C(=O)OCc1ccccc1F. The standard InChI is InChI=1S/C18H25FN2O3/c1-12-9-20-17(23-10-14-7-8-14)13(2)21(12)18(22)24-11-15-5-3-4-6-16(15)19/h3-6,12-14,17,20H,7-11H2,1-2H3. The van der Waals surface area contributed by atoms with Gasteiger partial charge in [0.15, 0.2) is 0 Å². The van der Waals surface area contributed by atoms with Gasteiger partial charge in [-0.3, -0.25) is 10.2 Å². The molecule has 5 nitrogen and oxygen atoms in total. The van der Waals surface area contributed by atoms with E-state index < -0.39 is 6.09 Å². The van der Waals surface area contributed by atoms with E-state index in [0.717, 1.165) is 6.61 Å². The van der Waals surface area contributed by atoms with Crippen LogP contribution in [-0.4, -0.2) is 42.5 Å². The summed E-state index contributed by atoms with van der Waals surface area (Å²) in [6.45, 7) is 5.22. The van der Waals surface area contributed by atoms with Gasteiger partial charge in [0.05, 0.1) is 12.6 Å². The molecule has 1 aliphatic heterocycles. The molecule has 0 radical (unpaired) electrons. The average molecular weight is 336 g/mol. The molecule has 1 saturated heterocycles. The number of hydrogen-bond acceptors (Lipinski definition) is 4. The minimum Gasteiger partial charge on any atom is -0.444 e. The Bertz CT molecular complexity index is 579. The smallest absolute Gasteiger partial charge is 0.410 e. The molecule has 1 aliphatic carbocycles. The zero-order valence-corrected chi connectivity index (χ0v) is 14.2. The number of nitrogens with one attached hydrogen (secondary N) is 1. The maximum Gasteiger partial charge on any atom is 0.410 e. The molecule has 2 aliphatic rings. The minimum absolute atomic E-state index is 0.00565. The summed E-state index contributed by atoms with van der Waals surface area (Å²) in [4.78, 5) is 14.2. The van der Waals surface area contributed by atoms with Gasteiger partial charge in [-0.05, 0) is 38.7 Å². The van der Waals surface area contributed by atoms with E-state index in [4.69, 9.17) is 9.47 Å².